The molecule has 0 bridgehead atoms. The molecule has 1 aromatic rings. The van der Waals surface area contributed by atoms with Gasteiger partial charge in [-0.1, -0.05) is 19.0 Å². The van der Waals surface area contributed by atoms with Gasteiger partial charge in [0.25, 0.3) is 0 Å². The Balaban J connectivity index is 2.39. The number of nitrogens with one attached hydrogen (secondary N) is 1. The van der Waals surface area contributed by atoms with E-state index in [0.29, 0.717) is 24.1 Å². The lowest BCUT2D eigenvalue weighted by Gasteiger charge is -2.10. The molecular weight excluding hydrogens is 206 g/mol. The van der Waals surface area contributed by atoms with Crippen LogP contribution in [0.5, 0.6) is 0 Å². The van der Waals surface area contributed by atoms with Crippen LogP contribution in [0, 0.1) is 12.8 Å². The van der Waals surface area contributed by atoms with E-state index in [9.17, 15) is 4.79 Å². The first kappa shape index (κ1) is 12.7. The first-order chi connectivity index (χ1) is 7.49. The molecule has 0 aromatic carbocycles. The molecule has 0 aliphatic carbocycles. The Kier molecular flexibility index (Phi) is 4.46. The Labute approximate surface area is 95.6 Å². The predicted octanol–water partition coefficient (Wildman–Crippen LogP) is 1.99. The zero-order valence-corrected chi connectivity index (χ0v) is 10.3. The van der Waals surface area contributed by atoms with Gasteiger partial charge in [0, 0.05) is 6.42 Å². The number of hydrogen-bond donors (Lipinski definition) is 1. The molecule has 0 aliphatic heterocycles. The molecule has 5 nitrogen and oxygen atoms in total. The third kappa shape index (κ3) is 4.00. The predicted molar refractivity (Wildman–Crippen MR) is 59.7 cm³/mol. The SMILES string of the molecule is Cc1noc([C@@H](C)NC(=O)CCC(C)C)n1. The number of aromatic nitrogens is 2. The number of carbonyl (C=O) groups is 1. The molecule has 0 radical (unpaired) electrons. The summed E-state index contributed by atoms with van der Waals surface area (Å²) in [6, 6.07) is -0.221. The minimum Gasteiger partial charge on any atom is -0.345 e. The number of rotatable bonds is 5. The van der Waals surface area contributed by atoms with Gasteiger partial charge < -0.3 is 9.84 Å². The molecule has 16 heavy (non-hydrogen) atoms. The van der Waals surface area contributed by atoms with Crippen molar-refractivity contribution in [1.82, 2.24) is 15.5 Å². The van der Waals surface area contributed by atoms with Crippen molar-refractivity contribution < 1.29 is 9.32 Å². The van der Waals surface area contributed by atoms with Crippen LogP contribution in [0.4, 0.5) is 0 Å². The van der Waals surface area contributed by atoms with E-state index in [2.05, 4.69) is 29.3 Å². The van der Waals surface area contributed by atoms with Gasteiger partial charge in [-0.3, -0.25) is 4.79 Å². The molecule has 1 heterocycles. The smallest absolute Gasteiger partial charge is 0.248 e. The molecule has 0 fully saturated rings. The quantitative estimate of drug-likeness (QED) is 0.832. The van der Waals surface area contributed by atoms with Crippen molar-refractivity contribution in [3.8, 4) is 0 Å². The lowest BCUT2D eigenvalue weighted by atomic mass is 10.1. The molecule has 5 heteroatoms. The van der Waals surface area contributed by atoms with E-state index >= 15 is 0 Å². The topological polar surface area (TPSA) is 68.0 Å². The van der Waals surface area contributed by atoms with Gasteiger partial charge in [-0.15, -0.1) is 0 Å². The minimum atomic E-state index is -0.221. The minimum absolute atomic E-state index is 0.0250. The first-order valence-electron chi connectivity index (χ1n) is 5.58. The van der Waals surface area contributed by atoms with Crippen LogP contribution < -0.4 is 5.32 Å². The van der Waals surface area contributed by atoms with E-state index < -0.39 is 0 Å². The molecule has 1 aromatic heterocycles. The van der Waals surface area contributed by atoms with Crippen LogP contribution in [0.1, 0.15) is 51.4 Å². The van der Waals surface area contributed by atoms with Gasteiger partial charge in [0.1, 0.15) is 6.04 Å². The second kappa shape index (κ2) is 5.63. The summed E-state index contributed by atoms with van der Waals surface area (Å²) in [5.74, 6) is 1.59. The van der Waals surface area contributed by atoms with E-state index in [4.69, 9.17) is 4.52 Å². The van der Waals surface area contributed by atoms with Gasteiger partial charge in [-0.2, -0.15) is 4.98 Å². The molecule has 1 rings (SSSR count). The maximum absolute atomic E-state index is 11.5. The molecule has 0 spiro atoms. The maximum Gasteiger partial charge on any atom is 0.248 e. The summed E-state index contributed by atoms with van der Waals surface area (Å²) in [7, 11) is 0. The summed E-state index contributed by atoms with van der Waals surface area (Å²) in [5, 5.41) is 6.51. The van der Waals surface area contributed by atoms with E-state index in [1.807, 2.05) is 6.92 Å². The first-order valence-corrected chi connectivity index (χ1v) is 5.58. The Morgan fingerprint density at radius 3 is 2.62 bits per heavy atom. The third-order valence-corrected chi connectivity index (χ3v) is 2.24. The zero-order chi connectivity index (χ0) is 12.1. The summed E-state index contributed by atoms with van der Waals surface area (Å²) in [6.45, 7) is 7.77. The van der Waals surface area contributed by atoms with E-state index in [1.165, 1.54) is 0 Å². The fraction of sp³-hybridized carbons (Fsp3) is 0.727. The summed E-state index contributed by atoms with van der Waals surface area (Å²) in [6.07, 6.45) is 1.43. The fourth-order valence-corrected chi connectivity index (χ4v) is 1.28. The molecule has 1 N–H and O–H groups in total. The molecule has 0 unspecified atom stereocenters. The molecule has 0 saturated heterocycles. The molecule has 1 amide bonds. The van der Waals surface area contributed by atoms with Crippen LogP contribution in [0.15, 0.2) is 4.52 Å². The molecular formula is C11H19N3O2. The van der Waals surface area contributed by atoms with Crippen LogP contribution >= 0.6 is 0 Å². The number of hydrogen-bond acceptors (Lipinski definition) is 4. The Bertz CT molecular complexity index is 347. The van der Waals surface area contributed by atoms with E-state index in [0.717, 1.165) is 6.42 Å². The monoisotopic (exact) mass is 225 g/mol. The van der Waals surface area contributed by atoms with Crippen molar-refractivity contribution in [2.45, 2.75) is 46.6 Å². The van der Waals surface area contributed by atoms with Gasteiger partial charge >= 0.3 is 0 Å². The molecule has 0 saturated carbocycles. The fourth-order valence-electron chi connectivity index (χ4n) is 1.28. The molecule has 90 valence electrons. The average Bonchev–Trinajstić information content (AvgIpc) is 2.62. The highest BCUT2D eigenvalue weighted by Gasteiger charge is 2.15. The number of nitrogens with zero attached hydrogens (tertiary/aromatic N) is 2. The summed E-state index contributed by atoms with van der Waals surface area (Å²) >= 11 is 0. The maximum atomic E-state index is 11.5. The Morgan fingerprint density at radius 2 is 2.12 bits per heavy atom. The molecule has 0 aliphatic rings. The highest BCUT2D eigenvalue weighted by Crippen LogP contribution is 2.10. The number of aryl methyl sites for hydroxylation is 1. The van der Waals surface area contributed by atoms with Crippen molar-refractivity contribution in [2.24, 2.45) is 5.92 Å². The van der Waals surface area contributed by atoms with Crippen LogP contribution in [0.25, 0.3) is 0 Å². The summed E-state index contributed by atoms with van der Waals surface area (Å²) in [5.41, 5.74) is 0. The van der Waals surface area contributed by atoms with Gasteiger partial charge in [0.15, 0.2) is 5.82 Å². The van der Waals surface area contributed by atoms with Crippen molar-refractivity contribution >= 4 is 5.91 Å². The normalized spacial score (nSPS) is 12.8. The number of carbonyl (C=O) groups excluding carboxylic acids is 1. The second-order valence-electron chi connectivity index (χ2n) is 4.40. The van der Waals surface area contributed by atoms with Crippen molar-refractivity contribution in [1.29, 1.82) is 0 Å². The lowest BCUT2D eigenvalue weighted by Crippen LogP contribution is -2.26. The zero-order valence-electron chi connectivity index (χ0n) is 10.3. The van der Waals surface area contributed by atoms with E-state index in [-0.39, 0.29) is 11.9 Å². The third-order valence-electron chi connectivity index (χ3n) is 2.24. The standard InChI is InChI=1S/C11H19N3O2/c1-7(2)5-6-10(15)12-8(3)11-13-9(4)14-16-11/h7-8H,5-6H2,1-4H3,(H,12,15)/t8-/m1/s1. The highest BCUT2D eigenvalue weighted by molar-refractivity contribution is 5.76. The van der Waals surface area contributed by atoms with Crippen molar-refractivity contribution in [3.05, 3.63) is 11.7 Å². The van der Waals surface area contributed by atoms with E-state index in [1.54, 1.807) is 6.92 Å². The van der Waals surface area contributed by atoms with Gasteiger partial charge in [0.05, 0.1) is 0 Å². The lowest BCUT2D eigenvalue weighted by molar-refractivity contribution is -0.122. The van der Waals surface area contributed by atoms with Crippen LogP contribution in [0.2, 0.25) is 0 Å². The molecule has 1 atom stereocenters. The Hall–Kier alpha value is -1.39. The summed E-state index contributed by atoms with van der Waals surface area (Å²) < 4.78 is 4.98. The van der Waals surface area contributed by atoms with Crippen molar-refractivity contribution in [2.75, 3.05) is 0 Å². The van der Waals surface area contributed by atoms with Crippen LogP contribution in [-0.4, -0.2) is 16.0 Å². The van der Waals surface area contributed by atoms with Crippen LogP contribution in [0.3, 0.4) is 0 Å². The summed E-state index contributed by atoms with van der Waals surface area (Å²) in [4.78, 5) is 15.6. The highest BCUT2D eigenvalue weighted by atomic mass is 16.5. The number of amides is 1. The average molecular weight is 225 g/mol. The van der Waals surface area contributed by atoms with Gasteiger partial charge in [-0.25, -0.2) is 0 Å². The van der Waals surface area contributed by atoms with Crippen molar-refractivity contribution in [3.63, 3.8) is 0 Å². The second-order valence-corrected chi connectivity index (χ2v) is 4.40. The van der Waals surface area contributed by atoms with Gasteiger partial charge in [0.2, 0.25) is 11.8 Å². The largest absolute Gasteiger partial charge is 0.345 e. The Morgan fingerprint density at radius 1 is 1.44 bits per heavy atom. The van der Waals surface area contributed by atoms with Gasteiger partial charge in [-0.05, 0) is 26.2 Å². The van der Waals surface area contributed by atoms with Crippen LogP contribution in [-0.2, 0) is 4.79 Å².